The van der Waals surface area contributed by atoms with Crippen molar-refractivity contribution in [3.63, 3.8) is 0 Å². The molecule has 2 saturated carbocycles. The molecule has 0 aromatic heterocycles. The van der Waals surface area contributed by atoms with Gasteiger partial charge in [-0.1, -0.05) is 0 Å². The highest BCUT2D eigenvalue weighted by atomic mass is 32.1. The lowest BCUT2D eigenvalue weighted by molar-refractivity contribution is -0.122. The first-order chi connectivity index (χ1) is 6.22. The van der Waals surface area contributed by atoms with Gasteiger partial charge in [0.1, 0.15) is 5.78 Å². The van der Waals surface area contributed by atoms with Gasteiger partial charge in [0.2, 0.25) is 0 Å². The van der Waals surface area contributed by atoms with Crippen molar-refractivity contribution in [2.75, 3.05) is 0 Å². The van der Waals surface area contributed by atoms with Crippen LogP contribution in [-0.2, 0) is 4.79 Å². The number of fused-ring (bicyclic) bond motifs is 2. The van der Waals surface area contributed by atoms with Gasteiger partial charge in [0.15, 0.2) is 0 Å². The summed E-state index contributed by atoms with van der Waals surface area (Å²) in [7, 11) is 0. The second kappa shape index (κ2) is 3.32. The average molecular weight is 195 g/mol. The van der Waals surface area contributed by atoms with E-state index < -0.39 is 0 Å². The highest BCUT2D eigenvalue weighted by Gasteiger charge is 2.47. The molecule has 13 heavy (non-hydrogen) atoms. The van der Waals surface area contributed by atoms with E-state index in [-0.39, 0.29) is 5.92 Å². The van der Waals surface area contributed by atoms with Crippen molar-refractivity contribution in [3.05, 3.63) is 0 Å². The van der Waals surface area contributed by atoms with Crippen molar-refractivity contribution in [1.82, 2.24) is 0 Å². The molecule has 0 spiro atoms. The molecule has 0 radical (unpaired) electrons. The first-order valence-electron chi connectivity index (χ1n) is 4.79. The summed E-state index contributed by atoms with van der Waals surface area (Å²) in [5, 5.41) is 2.45. The first-order valence-corrected chi connectivity index (χ1v) is 5.20. The Kier molecular flexibility index (Phi) is 2.31. The number of nitrogens with zero attached hydrogens (tertiary/aromatic N) is 1. The van der Waals surface area contributed by atoms with E-state index in [0.717, 1.165) is 18.8 Å². The van der Waals surface area contributed by atoms with Gasteiger partial charge in [0.25, 0.3) is 0 Å². The molecule has 0 amide bonds. The zero-order valence-corrected chi connectivity index (χ0v) is 8.51. The lowest BCUT2D eigenvalue weighted by Gasteiger charge is -2.23. The average Bonchev–Trinajstić information content (AvgIpc) is 2.62. The number of ketones is 1. The van der Waals surface area contributed by atoms with Crippen LogP contribution in [0.25, 0.3) is 0 Å². The molecule has 0 aromatic carbocycles. The van der Waals surface area contributed by atoms with E-state index in [4.69, 9.17) is 0 Å². The molecular formula is C10H13NOS. The molecule has 2 nitrogen and oxygen atoms in total. The van der Waals surface area contributed by atoms with Gasteiger partial charge < -0.3 is 0 Å². The number of hydrogen-bond acceptors (Lipinski definition) is 3. The minimum absolute atomic E-state index is 0.260. The maximum Gasteiger partial charge on any atom is 0.133 e. The Labute approximate surface area is 83.4 Å². The molecule has 2 aliphatic rings. The fourth-order valence-corrected chi connectivity index (χ4v) is 3.13. The number of hydrogen-bond donors (Lipinski definition) is 0. The smallest absolute Gasteiger partial charge is 0.133 e. The van der Waals surface area contributed by atoms with Gasteiger partial charge in [-0.2, -0.15) is 0 Å². The molecule has 0 saturated heterocycles. The second-order valence-electron chi connectivity index (χ2n) is 4.24. The number of thiocarbonyl (C=S) groups is 1. The number of aliphatic imine (C=N–C) groups is 1. The quantitative estimate of drug-likeness (QED) is 0.499. The second-order valence-corrected chi connectivity index (χ2v) is 4.42. The van der Waals surface area contributed by atoms with Crippen molar-refractivity contribution >= 4 is 23.2 Å². The van der Waals surface area contributed by atoms with E-state index >= 15 is 0 Å². The molecular weight excluding hydrogens is 182 g/mol. The molecule has 3 heteroatoms. The number of Topliss-reactive ketones (excluding diaryl/α,β-unsaturated/α-hetero) is 1. The minimum atomic E-state index is 0.260. The summed E-state index contributed by atoms with van der Waals surface area (Å²) in [6, 6.07) is 0.296. The van der Waals surface area contributed by atoms with E-state index in [1.54, 1.807) is 6.92 Å². The molecule has 4 atom stereocenters. The number of rotatable bonds is 2. The zero-order valence-electron chi connectivity index (χ0n) is 7.69. The van der Waals surface area contributed by atoms with Crippen molar-refractivity contribution in [2.45, 2.75) is 32.2 Å². The van der Waals surface area contributed by atoms with E-state index in [0.29, 0.717) is 17.7 Å². The zero-order chi connectivity index (χ0) is 9.42. The van der Waals surface area contributed by atoms with Crippen molar-refractivity contribution in [3.8, 4) is 0 Å². The van der Waals surface area contributed by atoms with Crippen molar-refractivity contribution in [2.24, 2.45) is 22.7 Å². The first kappa shape index (κ1) is 9.04. The summed E-state index contributed by atoms with van der Waals surface area (Å²) in [5.74, 6) is 1.78. The Bertz CT molecular complexity index is 271. The number of carbonyl (C=O) groups is 1. The molecule has 2 fully saturated rings. The summed E-state index contributed by atoms with van der Waals surface area (Å²) in [6.07, 6.45) is 3.39. The van der Waals surface area contributed by atoms with Gasteiger partial charge in [0, 0.05) is 5.92 Å². The van der Waals surface area contributed by atoms with Gasteiger partial charge >= 0.3 is 0 Å². The van der Waals surface area contributed by atoms with E-state index in [1.807, 2.05) is 0 Å². The summed E-state index contributed by atoms with van der Waals surface area (Å²) >= 11 is 4.61. The molecule has 2 rings (SSSR count). The van der Waals surface area contributed by atoms with Crippen LogP contribution in [0, 0.1) is 17.8 Å². The topological polar surface area (TPSA) is 29.4 Å². The Balaban J connectivity index is 2.14. The number of isothiocyanates is 1. The van der Waals surface area contributed by atoms with Gasteiger partial charge in [0.05, 0.1) is 11.2 Å². The third-order valence-corrected chi connectivity index (χ3v) is 3.62. The van der Waals surface area contributed by atoms with E-state index in [9.17, 15) is 4.79 Å². The molecule has 2 bridgehead atoms. The predicted molar refractivity (Wildman–Crippen MR) is 53.8 cm³/mol. The SMILES string of the molecule is CC(=O)[C@@H]1C[C@@H]2C[C@H]1[C@@H](N=C=S)C2. The Hall–Kier alpha value is -0.530. The molecule has 0 aromatic rings. The monoisotopic (exact) mass is 195 g/mol. The summed E-state index contributed by atoms with van der Waals surface area (Å²) in [5.41, 5.74) is 0. The van der Waals surface area contributed by atoms with Crippen LogP contribution in [0.5, 0.6) is 0 Å². The maximum atomic E-state index is 11.3. The van der Waals surface area contributed by atoms with Gasteiger partial charge in [-0.05, 0) is 50.2 Å². The van der Waals surface area contributed by atoms with E-state index in [2.05, 4.69) is 22.4 Å². The van der Waals surface area contributed by atoms with Crippen LogP contribution in [0.4, 0.5) is 0 Å². The van der Waals surface area contributed by atoms with Crippen molar-refractivity contribution < 1.29 is 4.79 Å². The largest absolute Gasteiger partial charge is 0.300 e. The predicted octanol–water partition coefficient (Wildman–Crippen LogP) is 2.09. The van der Waals surface area contributed by atoms with Gasteiger partial charge in [-0.15, -0.1) is 0 Å². The van der Waals surface area contributed by atoms with Crippen LogP contribution >= 0.6 is 12.2 Å². The Morgan fingerprint density at radius 3 is 2.77 bits per heavy atom. The maximum absolute atomic E-state index is 11.3. The normalized spacial score (nSPS) is 41.6. The molecule has 0 unspecified atom stereocenters. The highest BCUT2D eigenvalue weighted by molar-refractivity contribution is 7.78. The summed E-state index contributed by atoms with van der Waals surface area (Å²) in [4.78, 5) is 15.4. The van der Waals surface area contributed by atoms with Crippen LogP contribution in [-0.4, -0.2) is 17.0 Å². The lowest BCUT2D eigenvalue weighted by atomic mass is 9.83. The van der Waals surface area contributed by atoms with Crippen LogP contribution in [0.3, 0.4) is 0 Å². The van der Waals surface area contributed by atoms with E-state index in [1.165, 1.54) is 6.42 Å². The molecule has 70 valence electrons. The third-order valence-electron chi connectivity index (χ3n) is 3.52. The molecule has 2 aliphatic carbocycles. The van der Waals surface area contributed by atoms with Crippen LogP contribution in [0.15, 0.2) is 4.99 Å². The molecule has 0 heterocycles. The Morgan fingerprint density at radius 1 is 1.46 bits per heavy atom. The fraction of sp³-hybridized carbons (Fsp3) is 0.800. The molecule has 0 N–H and O–H groups in total. The number of carbonyl (C=O) groups excluding carboxylic acids is 1. The third kappa shape index (κ3) is 1.47. The summed E-state index contributed by atoms with van der Waals surface area (Å²) in [6.45, 7) is 1.70. The Morgan fingerprint density at radius 2 is 2.23 bits per heavy atom. The standard InChI is InChI=1S/C10H13NOS/c1-6(12)8-2-7-3-9(8)10(4-7)11-5-13/h7-10H,2-4H2,1H3/t7-,8+,9-,10+/m1/s1. The van der Waals surface area contributed by atoms with Crippen LogP contribution in [0.1, 0.15) is 26.2 Å². The molecule has 0 aliphatic heterocycles. The minimum Gasteiger partial charge on any atom is -0.300 e. The van der Waals surface area contributed by atoms with Crippen LogP contribution in [0.2, 0.25) is 0 Å². The summed E-state index contributed by atoms with van der Waals surface area (Å²) < 4.78 is 0. The fourth-order valence-electron chi connectivity index (χ4n) is 3.00. The van der Waals surface area contributed by atoms with Gasteiger partial charge in [-0.3, -0.25) is 4.79 Å². The van der Waals surface area contributed by atoms with Gasteiger partial charge in [-0.25, -0.2) is 4.99 Å². The highest BCUT2D eigenvalue weighted by Crippen LogP contribution is 2.49. The van der Waals surface area contributed by atoms with Crippen molar-refractivity contribution in [1.29, 1.82) is 0 Å². The van der Waals surface area contributed by atoms with Crippen LogP contribution < -0.4 is 0 Å². The lowest BCUT2D eigenvalue weighted by Crippen LogP contribution is -2.27.